The van der Waals surface area contributed by atoms with Crippen LogP contribution in [-0.4, -0.2) is 17.4 Å². The predicted molar refractivity (Wildman–Crippen MR) is 81.0 cm³/mol. The summed E-state index contributed by atoms with van der Waals surface area (Å²) >= 11 is 5.78. The van der Waals surface area contributed by atoms with Crippen molar-refractivity contribution in [2.24, 2.45) is 0 Å². The fourth-order valence-corrected chi connectivity index (χ4v) is 2.03. The molecule has 0 fully saturated rings. The summed E-state index contributed by atoms with van der Waals surface area (Å²) in [4.78, 5) is 15.9. The van der Waals surface area contributed by atoms with Crippen molar-refractivity contribution in [3.8, 4) is 0 Å². The van der Waals surface area contributed by atoms with E-state index in [9.17, 15) is 4.79 Å². The number of rotatable bonds is 6. The van der Waals surface area contributed by atoms with Gasteiger partial charge in [0.2, 0.25) is 0 Å². The van der Waals surface area contributed by atoms with Gasteiger partial charge >= 0.3 is 0 Å². The lowest BCUT2D eigenvalue weighted by Crippen LogP contribution is -2.24. The van der Waals surface area contributed by atoms with Crippen LogP contribution in [-0.2, 0) is 6.42 Å². The highest BCUT2D eigenvalue weighted by Gasteiger charge is 2.03. The van der Waals surface area contributed by atoms with Crippen LogP contribution in [0, 0.1) is 0 Å². The van der Waals surface area contributed by atoms with Gasteiger partial charge in [0.25, 0.3) is 5.91 Å². The molecule has 0 saturated heterocycles. The maximum atomic E-state index is 11.8. The maximum absolute atomic E-state index is 11.8. The van der Waals surface area contributed by atoms with E-state index in [-0.39, 0.29) is 5.91 Å². The SMILES string of the molecule is O=C(NCCCCc1cccnc1)c1ccc(Cl)cc1. The van der Waals surface area contributed by atoms with Gasteiger partial charge in [0.1, 0.15) is 0 Å². The fourth-order valence-electron chi connectivity index (χ4n) is 1.91. The first-order chi connectivity index (χ1) is 9.75. The Bertz CT molecular complexity index is 540. The summed E-state index contributed by atoms with van der Waals surface area (Å²) < 4.78 is 0. The Kier molecular flexibility index (Phi) is 5.56. The molecule has 0 atom stereocenters. The molecule has 1 aromatic heterocycles. The molecule has 0 aliphatic carbocycles. The lowest BCUT2D eigenvalue weighted by molar-refractivity contribution is 0.0953. The second-order valence-corrected chi connectivity index (χ2v) is 5.02. The number of hydrogen-bond donors (Lipinski definition) is 1. The zero-order chi connectivity index (χ0) is 14.2. The number of nitrogens with one attached hydrogen (secondary N) is 1. The molecule has 1 heterocycles. The second kappa shape index (κ2) is 7.65. The second-order valence-electron chi connectivity index (χ2n) is 4.58. The fraction of sp³-hybridized carbons (Fsp3) is 0.250. The zero-order valence-electron chi connectivity index (χ0n) is 11.2. The number of aromatic nitrogens is 1. The Morgan fingerprint density at radius 1 is 1.15 bits per heavy atom. The van der Waals surface area contributed by atoms with Crippen LogP contribution in [0.5, 0.6) is 0 Å². The smallest absolute Gasteiger partial charge is 0.251 e. The molecule has 2 aromatic rings. The van der Waals surface area contributed by atoms with E-state index in [1.807, 2.05) is 12.3 Å². The molecule has 1 amide bonds. The van der Waals surface area contributed by atoms with Crippen LogP contribution in [0.4, 0.5) is 0 Å². The quantitative estimate of drug-likeness (QED) is 0.827. The molecule has 2 rings (SSSR count). The monoisotopic (exact) mass is 288 g/mol. The average molecular weight is 289 g/mol. The summed E-state index contributed by atoms with van der Waals surface area (Å²) in [5.41, 5.74) is 1.87. The molecular formula is C16H17ClN2O. The molecule has 4 heteroatoms. The summed E-state index contributed by atoms with van der Waals surface area (Å²) in [7, 11) is 0. The van der Waals surface area contributed by atoms with E-state index in [1.165, 1.54) is 5.56 Å². The number of amides is 1. The van der Waals surface area contributed by atoms with Crippen molar-refractivity contribution in [1.29, 1.82) is 0 Å². The minimum atomic E-state index is -0.0527. The van der Waals surface area contributed by atoms with Gasteiger partial charge in [-0.15, -0.1) is 0 Å². The van der Waals surface area contributed by atoms with Crippen LogP contribution in [0.2, 0.25) is 5.02 Å². The first-order valence-electron chi connectivity index (χ1n) is 6.68. The molecular weight excluding hydrogens is 272 g/mol. The number of pyridine rings is 1. The number of carbonyl (C=O) groups is 1. The summed E-state index contributed by atoms with van der Waals surface area (Å²) in [5, 5.41) is 3.54. The number of nitrogens with zero attached hydrogens (tertiary/aromatic N) is 1. The molecule has 0 unspecified atom stereocenters. The standard InChI is InChI=1S/C16H17ClN2O/c17-15-8-6-14(7-9-15)16(20)19-11-2-1-4-13-5-3-10-18-12-13/h3,5-10,12H,1-2,4,11H2,(H,19,20). The zero-order valence-corrected chi connectivity index (χ0v) is 11.9. The van der Waals surface area contributed by atoms with Gasteiger partial charge in [-0.3, -0.25) is 9.78 Å². The number of hydrogen-bond acceptors (Lipinski definition) is 2. The van der Waals surface area contributed by atoms with Crippen LogP contribution in [0.15, 0.2) is 48.8 Å². The Labute approximate surface area is 124 Å². The van der Waals surface area contributed by atoms with Gasteiger partial charge in [0.15, 0.2) is 0 Å². The number of unbranched alkanes of at least 4 members (excludes halogenated alkanes) is 1. The van der Waals surface area contributed by atoms with Gasteiger partial charge in [-0.2, -0.15) is 0 Å². The van der Waals surface area contributed by atoms with Gasteiger partial charge in [-0.25, -0.2) is 0 Å². The summed E-state index contributed by atoms with van der Waals surface area (Å²) in [6, 6.07) is 10.9. The molecule has 0 aliphatic rings. The highest BCUT2D eigenvalue weighted by molar-refractivity contribution is 6.30. The molecule has 0 aliphatic heterocycles. The average Bonchev–Trinajstić information content (AvgIpc) is 2.48. The van der Waals surface area contributed by atoms with Crippen molar-refractivity contribution >= 4 is 17.5 Å². The normalized spacial score (nSPS) is 10.2. The van der Waals surface area contributed by atoms with Crippen LogP contribution in [0.25, 0.3) is 0 Å². The maximum Gasteiger partial charge on any atom is 0.251 e. The summed E-state index contributed by atoms with van der Waals surface area (Å²) in [6.07, 6.45) is 6.63. The van der Waals surface area contributed by atoms with Crippen molar-refractivity contribution in [1.82, 2.24) is 10.3 Å². The van der Waals surface area contributed by atoms with Gasteiger partial charge < -0.3 is 5.32 Å². The van der Waals surface area contributed by atoms with E-state index in [0.29, 0.717) is 17.1 Å². The van der Waals surface area contributed by atoms with Gasteiger partial charge in [0.05, 0.1) is 0 Å². The lowest BCUT2D eigenvalue weighted by Gasteiger charge is -2.05. The van der Waals surface area contributed by atoms with Crippen LogP contribution in [0.1, 0.15) is 28.8 Å². The molecule has 20 heavy (non-hydrogen) atoms. The number of halogens is 1. The van der Waals surface area contributed by atoms with Gasteiger partial charge in [-0.05, 0) is 55.2 Å². The number of carbonyl (C=O) groups excluding carboxylic acids is 1. The van der Waals surface area contributed by atoms with Gasteiger partial charge in [-0.1, -0.05) is 17.7 Å². The topological polar surface area (TPSA) is 42.0 Å². The van der Waals surface area contributed by atoms with Crippen molar-refractivity contribution in [3.05, 3.63) is 64.9 Å². The molecule has 3 nitrogen and oxygen atoms in total. The first-order valence-corrected chi connectivity index (χ1v) is 7.06. The Balaban J connectivity index is 1.66. The van der Waals surface area contributed by atoms with Crippen LogP contribution < -0.4 is 5.32 Å². The van der Waals surface area contributed by atoms with E-state index < -0.39 is 0 Å². The highest BCUT2D eigenvalue weighted by Crippen LogP contribution is 2.09. The van der Waals surface area contributed by atoms with E-state index in [2.05, 4.69) is 16.4 Å². The van der Waals surface area contributed by atoms with E-state index in [0.717, 1.165) is 19.3 Å². The Morgan fingerprint density at radius 3 is 2.65 bits per heavy atom. The Morgan fingerprint density at radius 2 is 1.95 bits per heavy atom. The largest absolute Gasteiger partial charge is 0.352 e. The predicted octanol–water partition coefficient (Wildman–Crippen LogP) is 3.49. The van der Waals surface area contributed by atoms with Crippen LogP contribution in [0.3, 0.4) is 0 Å². The van der Waals surface area contributed by atoms with Crippen molar-refractivity contribution in [3.63, 3.8) is 0 Å². The van der Waals surface area contributed by atoms with Crippen molar-refractivity contribution < 1.29 is 4.79 Å². The summed E-state index contributed by atoms with van der Waals surface area (Å²) in [5.74, 6) is -0.0527. The summed E-state index contributed by atoms with van der Waals surface area (Å²) in [6.45, 7) is 0.682. The third-order valence-corrected chi connectivity index (χ3v) is 3.26. The van der Waals surface area contributed by atoms with E-state index in [4.69, 9.17) is 11.6 Å². The molecule has 0 spiro atoms. The third-order valence-electron chi connectivity index (χ3n) is 3.01. The highest BCUT2D eigenvalue weighted by atomic mass is 35.5. The van der Waals surface area contributed by atoms with Crippen LogP contribution >= 0.6 is 11.6 Å². The molecule has 0 radical (unpaired) electrons. The minimum absolute atomic E-state index is 0.0527. The Hall–Kier alpha value is -1.87. The van der Waals surface area contributed by atoms with Gasteiger partial charge in [0, 0.05) is 29.5 Å². The number of aryl methyl sites for hydroxylation is 1. The first kappa shape index (κ1) is 14.5. The lowest BCUT2D eigenvalue weighted by atomic mass is 10.1. The molecule has 1 N–H and O–H groups in total. The molecule has 0 saturated carbocycles. The van der Waals surface area contributed by atoms with Crippen molar-refractivity contribution in [2.75, 3.05) is 6.54 Å². The molecule has 104 valence electrons. The van der Waals surface area contributed by atoms with E-state index in [1.54, 1.807) is 30.5 Å². The van der Waals surface area contributed by atoms with E-state index >= 15 is 0 Å². The molecule has 0 bridgehead atoms. The minimum Gasteiger partial charge on any atom is -0.352 e. The molecule has 1 aromatic carbocycles. The van der Waals surface area contributed by atoms with Crippen molar-refractivity contribution in [2.45, 2.75) is 19.3 Å². The number of benzene rings is 1. The third kappa shape index (κ3) is 4.67.